The summed E-state index contributed by atoms with van der Waals surface area (Å²) in [6.07, 6.45) is 9.06. The van der Waals surface area contributed by atoms with Gasteiger partial charge in [-0.2, -0.15) is 10.3 Å². The number of ether oxygens (including phenoxy) is 1. The van der Waals surface area contributed by atoms with Crippen LogP contribution in [0.5, 0.6) is 5.75 Å². The molecule has 0 unspecified atom stereocenters. The Hall–Kier alpha value is -3.18. The summed E-state index contributed by atoms with van der Waals surface area (Å²) in [6.45, 7) is 2.27. The Morgan fingerprint density at radius 1 is 1.11 bits per heavy atom. The molecule has 1 aliphatic carbocycles. The zero-order valence-corrected chi connectivity index (χ0v) is 23.0. The van der Waals surface area contributed by atoms with E-state index in [-0.39, 0.29) is 0 Å². The number of nitriles is 1. The first-order valence-electron chi connectivity index (χ1n) is 12.3. The predicted molar refractivity (Wildman–Crippen MR) is 150 cm³/mol. The number of halogens is 2. The van der Waals surface area contributed by atoms with Gasteiger partial charge < -0.3 is 4.74 Å². The van der Waals surface area contributed by atoms with Crippen molar-refractivity contribution < 1.29 is 4.74 Å². The van der Waals surface area contributed by atoms with Crippen LogP contribution < -0.4 is 4.74 Å². The molecule has 8 heteroatoms. The smallest absolute Gasteiger partial charge is 0.207 e. The first-order valence-corrected chi connectivity index (χ1v) is 13.4. The number of hydrazine groups is 1. The SMILES string of the molecule is COc1ccc(CN(C=NC#N)N2CCC(=C3c4ccc(Cl)cc4CCc4cc(Br)cnc43)CC2)cc1. The molecule has 0 atom stereocenters. The van der Waals surface area contributed by atoms with Gasteiger partial charge in [0, 0.05) is 34.4 Å². The molecule has 2 aliphatic rings. The molecular formula is C29H27BrClN5O. The van der Waals surface area contributed by atoms with Crippen LogP contribution >= 0.6 is 27.5 Å². The Kier molecular flexibility index (Phi) is 7.90. The summed E-state index contributed by atoms with van der Waals surface area (Å²) in [5.41, 5.74) is 8.62. The maximum absolute atomic E-state index is 9.07. The number of hydrogen-bond donors (Lipinski definition) is 0. The molecule has 1 fully saturated rings. The molecule has 1 aromatic heterocycles. The molecule has 0 amide bonds. The molecule has 2 heterocycles. The number of rotatable bonds is 5. The summed E-state index contributed by atoms with van der Waals surface area (Å²) in [4.78, 5) is 8.77. The molecule has 0 bridgehead atoms. The third-order valence-corrected chi connectivity index (χ3v) is 7.65. The highest BCUT2D eigenvalue weighted by Gasteiger charge is 2.27. The van der Waals surface area contributed by atoms with Crippen molar-refractivity contribution >= 4 is 39.4 Å². The molecule has 0 N–H and O–H groups in total. The monoisotopic (exact) mass is 575 g/mol. The van der Waals surface area contributed by atoms with Gasteiger partial charge in [0.1, 0.15) is 12.1 Å². The molecule has 2 aromatic carbocycles. The summed E-state index contributed by atoms with van der Waals surface area (Å²) in [7, 11) is 1.66. The predicted octanol–water partition coefficient (Wildman–Crippen LogP) is 6.43. The van der Waals surface area contributed by atoms with Crippen LogP contribution in [0.3, 0.4) is 0 Å². The lowest BCUT2D eigenvalue weighted by molar-refractivity contribution is 0.0348. The van der Waals surface area contributed by atoms with Crippen LogP contribution in [0.4, 0.5) is 0 Å². The second kappa shape index (κ2) is 11.5. The maximum atomic E-state index is 9.07. The second-order valence-corrected chi connectivity index (χ2v) is 10.5. The zero-order valence-electron chi connectivity index (χ0n) is 20.6. The van der Waals surface area contributed by atoms with Gasteiger partial charge in [-0.25, -0.2) is 5.01 Å². The third-order valence-electron chi connectivity index (χ3n) is 6.98. The van der Waals surface area contributed by atoms with Crippen molar-refractivity contribution in [3.63, 3.8) is 0 Å². The minimum absolute atomic E-state index is 0.626. The van der Waals surface area contributed by atoms with Crippen molar-refractivity contribution in [3.05, 3.63) is 97.7 Å². The molecule has 5 rings (SSSR count). The van der Waals surface area contributed by atoms with E-state index in [0.717, 1.165) is 65.3 Å². The van der Waals surface area contributed by atoms with Crippen LogP contribution in [0.25, 0.3) is 5.57 Å². The summed E-state index contributed by atoms with van der Waals surface area (Å²) >= 11 is 9.99. The average Bonchev–Trinajstić information content (AvgIpc) is 3.07. The number of methoxy groups -OCH3 is 1. The Morgan fingerprint density at radius 2 is 1.86 bits per heavy atom. The number of hydrogen-bond acceptors (Lipinski definition) is 5. The highest BCUT2D eigenvalue weighted by Crippen LogP contribution is 2.39. The van der Waals surface area contributed by atoms with E-state index >= 15 is 0 Å². The van der Waals surface area contributed by atoms with Crippen molar-refractivity contribution in [3.8, 4) is 11.9 Å². The minimum Gasteiger partial charge on any atom is -0.497 e. The van der Waals surface area contributed by atoms with E-state index in [1.807, 2.05) is 47.7 Å². The van der Waals surface area contributed by atoms with E-state index in [9.17, 15) is 0 Å². The fourth-order valence-electron chi connectivity index (χ4n) is 5.16. The van der Waals surface area contributed by atoms with Gasteiger partial charge >= 0.3 is 0 Å². The molecule has 0 spiro atoms. The number of nitrogens with zero attached hydrogens (tertiary/aromatic N) is 5. The van der Waals surface area contributed by atoms with Gasteiger partial charge in [-0.3, -0.25) is 9.99 Å². The van der Waals surface area contributed by atoms with E-state index in [2.05, 4.69) is 44.1 Å². The topological polar surface area (TPSA) is 64.8 Å². The lowest BCUT2D eigenvalue weighted by Crippen LogP contribution is -2.44. The van der Waals surface area contributed by atoms with Crippen molar-refractivity contribution in [2.75, 3.05) is 20.2 Å². The van der Waals surface area contributed by atoms with Gasteiger partial charge in [0.15, 0.2) is 0 Å². The summed E-state index contributed by atoms with van der Waals surface area (Å²) in [5, 5.41) is 14.1. The molecule has 6 nitrogen and oxygen atoms in total. The lowest BCUT2D eigenvalue weighted by Gasteiger charge is -2.37. The average molecular weight is 577 g/mol. The Labute approximate surface area is 231 Å². The van der Waals surface area contributed by atoms with Crippen LogP contribution in [0.2, 0.25) is 5.02 Å². The van der Waals surface area contributed by atoms with Gasteiger partial charge in [0.25, 0.3) is 0 Å². The quantitative estimate of drug-likeness (QED) is 0.199. The fourth-order valence-corrected chi connectivity index (χ4v) is 5.73. The van der Waals surface area contributed by atoms with Gasteiger partial charge in [-0.1, -0.05) is 35.4 Å². The molecule has 1 aliphatic heterocycles. The fraction of sp³-hybridized carbons (Fsp3) is 0.276. The normalized spacial score (nSPS) is 15.6. The number of fused-ring (bicyclic) bond motifs is 2. The Bertz CT molecular complexity index is 1330. The molecular weight excluding hydrogens is 550 g/mol. The largest absolute Gasteiger partial charge is 0.497 e. The standard InChI is InChI=1S/C29H27BrClN5O/c1-37-26-7-2-20(3-8-26)17-36(19-33-18-32)35-12-10-21(11-13-35)28-27-9-6-25(31)15-22(27)4-5-23-14-24(30)16-34-29(23)28/h2-3,6-9,14-16,19H,4-5,10-13,17H2,1H3. The summed E-state index contributed by atoms with van der Waals surface area (Å²) in [6, 6.07) is 16.4. The van der Waals surface area contributed by atoms with Crippen molar-refractivity contribution in [2.45, 2.75) is 32.2 Å². The molecule has 1 saturated heterocycles. The lowest BCUT2D eigenvalue weighted by atomic mass is 9.89. The first-order chi connectivity index (χ1) is 18.1. The number of aryl methyl sites for hydroxylation is 2. The molecule has 3 aromatic rings. The number of benzene rings is 2. The molecule has 188 valence electrons. The summed E-state index contributed by atoms with van der Waals surface area (Å²) < 4.78 is 6.28. The van der Waals surface area contributed by atoms with E-state index < -0.39 is 0 Å². The van der Waals surface area contributed by atoms with Crippen molar-refractivity contribution in [1.82, 2.24) is 15.0 Å². The molecule has 37 heavy (non-hydrogen) atoms. The van der Waals surface area contributed by atoms with E-state index in [1.165, 1.54) is 27.8 Å². The Balaban J connectivity index is 1.44. The highest BCUT2D eigenvalue weighted by atomic mass is 79.9. The third kappa shape index (κ3) is 5.72. The number of aliphatic imine (C=N–C) groups is 1. The minimum atomic E-state index is 0.626. The van der Waals surface area contributed by atoms with Gasteiger partial charge in [-0.05, 0) is 94.2 Å². The van der Waals surface area contributed by atoms with Gasteiger partial charge in [0.2, 0.25) is 6.19 Å². The van der Waals surface area contributed by atoms with Crippen LogP contribution in [0, 0.1) is 11.5 Å². The number of aromatic nitrogens is 1. The van der Waals surface area contributed by atoms with Gasteiger partial charge in [-0.15, -0.1) is 0 Å². The molecule has 0 radical (unpaired) electrons. The van der Waals surface area contributed by atoms with Crippen LogP contribution in [0.15, 0.2) is 69.8 Å². The van der Waals surface area contributed by atoms with E-state index in [0.29, 0.717) is 6.54 Å². The maximum Gasteiger partial charge on any atom is 0.207 e. The molecule has 0 saturated carbocycles. The van der Waals surface area contributed by atoms with Crippen LogP contribution in [0.1, 0.15) is 40.8 Å². The second-order valence-electron chi connectivity index (χ2n) is 9.19. The highest BCUT2D eigenvalue weighted by molar-refractivity contribution is 9.10. The van der Waals surface area contributed by atoms with Crippen molar-refractivity contribution in [1.29, 1.82) is 5.26 Å². The van der Waals surface area contributed by atoms with E-state index in [1.54, 1.807) is 13.4 Å². The summed E-state index contributed by atoms with van der Waals surface area (Å²) in [5.74, 6) is 0.820. The number of piperidine rings is 1. The zero-order chi connectivity index (χ0) is 25.8. The van der Waals surface area contributed by atoms with Crippen LogP contribution in [-0.4, -0.2) is 41.5 Å². The Morgan fingerprint density at radius 3 is 2.59 bits per heavy atom. The van der Waals surface area contributed by atoms with E-state index in [4.69, 9.17) is 26.6 Å². The van der Waals surface area contributed by atoms with Crippen molar-refractivity contribution in [2.24, 2.45) is 4.99 Å². The van der Waals surface area contributed by atoms with Crippen LogP contribution in [-0.2, 0) is 19.4 Å². The first kappa shape index (κ1) is 25.5. The van der Waals surface area contributed by atoms with Gasteiger partial charge in [0.05, 0.1) is 19.3 Å². The number of pyridine rings is 1.